The van der Waals surface area contributed by atoms with Crippen molar-refractivity contribution in [1.29, 1.82) is 0 Å². The van der Waals surface area contributed by atoms with Crippen LogP contribution in [0.25, 0.3) is 0 Å². The molecule has 1 aliphatic heterocycles. The average Bonchev–Trinajstić information content (AvgIpc) is 2.79. The fraction of sp³-hybridized carbons (Fsp3) is 0.211. The molecule has 0 aromatic heterocycles. The highest BCUT2D eigenvalue weighted by Crippen LogP contribution is 2.45. The van der Waals surface area contributed by atoms with Crippen LogP contribution >= 0.6 is 0 Å². The van der Waals surface area contributed by atoms with Crippen LogP contribution in [0, 0.1) is 5.82 Å². The van der Waals surface area contributed by atoms with E-state index in [0.29, 0.717) is 17.8 Å². The molecule has 1 N–H and O–H groups in total. The molecule has 1 aliphatic rings. The number of allylic oxidation sites excluding steroid dienone is 1. The molecule has 3 nitrogen and oxygen atoms in total. The lowest BCUT2D eigenvalue weighted by atomic mass is 9.79. The molecule has 1 amide bonds. The number of hydrogen-bond donors (Lipinski definition) is 1. The van der Waals surface area contributed by atoms with E-state index >= 15 is 0 Å². The Morgan fingerprint density at radius 1 is 1.22 bits per heavy atom. The lowest BCUT2D eigenvalue weighted by molar-refractivity contribution is -0.124. The van der Waals surface area contributed by atoms with Gasteiger partial charge in [0.25, 0.3) is 0 Å². The minimum absolute atomic E-state index is 0.218. The Morgan fingerprint density at radius 3 is 2.61 bits per heavy atom. The van der Waals surface area contributed by atoms with Gasteiger partial charge in [0.15, 0.2) is 0 Å². The molecule has 0 saturated carbocycles. The third-order valence-electron chi connectivity index (χ3n) is 4.37. The molecule has 0 fully saturated rings. The largest absolute Gasteiger partial charge is 0.395 e. The summed E-state index contributed by atoms with van der Waals surface area (Å²) >= 11 is 0. The third kappa shape index (κ3) is 2.45. The van der Waals surface area contributed by atoms with Crippen molar-refractivity contribution < 1.29 is 14.3 Å². The van der Waals surface area contributed by atoms with Gasteiger partial charge >= 0.3 is 0 Å². The number of rotatable bonds is 5. The summed E-state index contributed by atoms with van der Waals surface area (Å²) < 4.78 is 13.7. The molecule has 1 atom stereocenters. The number of fused-ring (bicyclic) bond motifs is 1. The van der Waals surface area contributed by atoms with E-state index in [4.69, 9.17) is 0 Å². The second-order valence-electron chi connectivity index (χ2n) is 5.77. The molecule has 1 unspecified atom stereocenters. The Morgan fingerprint density at radius 2 is 1.96 bits per heavy atom. The smallest absolute Gasteiger partial charge is 0.240 e. The Kier molecular flexibility index (Phi) is 4.01. The van der Waals surface area contributed by atoms with E-state index in [2.05, 4.69) is 6.58 Å². The van der Waals surface area contributed by atoms with Crippen LogP contribution in [0.3, 0.4) is 0 Å². The Labute approximate surface area is 134 Å². The highest BCUT2D eigenvalue weighted by Gasteiger charge is 2.49. The zero-order valence-electron chi connectivity index (χ0n) is 12.7. The molecule has 1 heterocycles. The summed E-state index contributed by atoms with van der Waals surface area (Å²) in [6.45, 7) is 3.69. The molecule has 2 aromatic rings. The predicted molar refractivity (Wildman–Crippen MR) is 87.6 cm³/mol. The van der Waals surface area contributed by atoms with Gasteiger partial charge in [-0.25, -0.2) is 4.39 Å². The van der Waals surface area contributed by atoms with Gasteiger partial charge in [0, 0.05) is 5.69 Å². The van der Waals surface area contributed by atoms with Gasteiger partial charge in [-0.1, -0.05) is 36.4 Å². The van der Waals surface area contributed by atoms with Crippen molar-refractivity contribution in [2.45, 2.75) is 18.4 Å². The van der Waals surface area contributed by atoms with Crippen LogP contribution < -0.4 is 4.90 Å². The van der Waals surface area contributed by atoms with Gasteiger partial charge in [-0.05, 0) is 35.7 Å². The number of carbonyl (C=O) groups excluding carboxylic acids is 1. The maximum Gasteiger partial charge on any atom is 0.240 e. The number of halogens is 1. The normalized spacial score (nSPS) is 19.7. The van der Waals surface area contributed by atoms with Crippen LogP contribution in [0.1, 0.15) is 17.5 Å². The highest BCUT2D eigenvalue weighted by molar-refractivity contribution is 6.08. The molecule has 0 spiro atoms. The van der Waals surface area contributed by atoms with E-state index in [1.54, 1.807) is 17.0 Å². The molecule has 4 heteroatoms. The van der Waals surface area contributed by atoms with E-state index in [1.165, 1.54) is 12.1 Å². The topological polar surface area (TPSA) is 40.5 Å². The number of nitrogens with zero attached hydrogens (tertiary/aromatic N) is 1. The van der Waals surface area contributed by atoms with E-state index in [1.807, 2.05) is 30.3 Å². The summed E-state index contributed by atoms with van der Waals surface area (Å²) in [6, 6.07) is 13.9. The number of aliphatic hydroxyl groups excluding tert-OH is 1. The Hall–Kier alpha value is -2.46. The molecule has 0 saturated heterocycles. The average molecular weight is 311 g/mol. The SMILES string of the molecule is C=CCC1(CO)C(=O)N(Cc2ccccc2)c2ccc(F)cc21. The first-order valence-corrected chi connectivity index (χ1v) is 7.50. The van der Waals surface area contributed by atoms with Crippen molar-refractivity contribution in [3.8, 4) is 0 Å². The molecule has 0 aliphatic carbocycles. The van der Waals surface area contributed by atoms with E-state index < -0.39 is 11.2 Å². The number of anilines is 1. The Balaban J connectivity index is 2.09. The van der Waals surface area contributed by atoms with Crippen molar-refractivity contribution in [2.24, 2.45) is 0 Å². The quantitative estimate of drug-likeness (QED) is 0.862. The van der Waals surface area contributed by atoms with Crippen molar-refractivity contribution >= 4 is 11.6 Å². The predicted octanol–water partition coefficient (Wildman–Crippen LogP) is 3.18. The number of aliphatic hydroxyl groups is 1. The van der Waals surface area contributed by atoms with Gasteiger partial charge in [0.05, 0.1) is 13.2 Å². The van der Waals surface area contributed by atoms with Gasteiger partial charge in [-0.2, -0.15) is 0 Å². The summed E-state index contributed by atoms with van der Waals surface area (Å²) in [7, 11) is 0. The summed E-state index contributed by atoms with van der Waals surface area (Å²) in [4.78, 5) is 14.6. The first-order chi connectivity index (χ1) is 11.1. The van der Waals surface area contributed by atoms with Crippen molar-refractivity contribution in [2.75, 3.05) is 11.5 Å². The maximum absolute atomic E-state index is 13.7. The van der Waals surface area contributed by atoms with Gasteiger partial charge in [0.2, 0.25) is 5.91 Å². The molecule has 2 aromatic carbocycles. The van der Waals surface area contributed by atoms with Gasteiger partial charge in [-0.15, -0.1) is 6.58 Å². The second-order valence-corrected chi connectivity index (χ2v) is 5.77. The van der Waals surface area contributed by atoms with Gasteiger partial charge < -0.3 is 10.0 Å². The van der Waals surface area contributed by atoms with Gasteiger partial charge in [-0.3, -0.25) is 4.79 Å². The number of hydrogen-bond acceptors (Lipinski definition) is 2. The molecular formula is C19H18FNO2. The molecule has 0 bridgehead atoms. The third-order valence-corrected chi connectivity index (χ3v) is 4.37. The van der Waals surface area contributed by atoms with Crippen LogP contribution in [0.15, 0.2) is 61.2 Å². The first kappa shape index (κ1) is 15.4. The van der Waals surface area contributed by atoms with Crippen LogP contribution in [0.2, 0.25) is 0 Å². The maximum atomic E-state index is 13.7. The molecule has 0 radical (unpaired) electrons. The fourth-order valence-corrected chi connectivity index (χ4v) is 3.19. The summed E-state index contributed by atoms with van der Waals surface area (Å²) in [5, 5.41) is 9.92. The second kappa shape index (κ2) is 5.97. The molecule has 118 valence electrons. The number of benzene rings is 2. The minimum Gasteiger partial charge on any atom is -0.395 e. The van der Waals surface area contributed by atoms with Crippen LogP contribution in [0.4, 0.5) is 10.1 Å². The Bertz CT molecular complexity index is 744. The van der Waals surface area contributed by atoms with Crippen molar-refractivity contribution in [1.82, 2.24) is 0 Å². The van der Waals surface area contributed by atoms with Crippen molar-refractivity contribution in [3.63, 3.8) is 0 Å². The van der Waals surface area contributed by atoms with Gasteiger partial charge in [0.1, 0.15) is 11.2 Å². The zero-order valence-corrected chi connectivity index (χ0v) is 12.7. The minimum atomic E-state index is -1.14. The number of amides is 1. The van der Waals surface area contributed by atoms with E-state index in [-0.39, 0.29) is 18.9 Å². The first-order valence-electron chi connectivity index (χ1n) is 7.50. The summed E-state index contributed by atoms with van der Waals surface area (Å²) in [6.07, 6.45) is 1.86. The highest BCUT2D eigenvalue weighted by atomic mass is 19.1. The standard InChI is InChI=1S/C19H18FNO2/c1-2-10-19(13-22)16-11-15(20)8-9-17(16)21(18(19)23)12-14-6-4-3-5-7-14/h2-9,11,22H,1,10,12-13H2. The van der Waals surface area contributed by atoms with E-state index in [9.17, 15) is 14.3 Å². The molecule has 23 heavy (non-hydrogen) atoms. The monoisotopic (exact) mass is 311 g/mol. The molecular weight excluding hydrogens is 293 g/mol. The lowest BCUT2D eigenvalue weighted by Crippen LogP contribution is -2.42. The summed E-state index contributed by atoms with van der Waals surface area (Å²) in [5.74, 6) is -0.635. The van der Waals surface area contributed by atoms with Crippen LogP contribution in [0.5, 0.6) is 0 Å². The summed E-state index contributed by atoms with van der Waals surface area (Å²) in [5.41, 5.74) is 1.01. The van der Waals surface area contributed by atoms with Crippen LogP contribution in [-0.2, 0) is 16.8 Å². The van der Waals surface area contributed by atoms with Crippen LogP contribution in [-0.4, -0.2) is 17.6 Å². The molecule has 3 rings (SSSR count). The van der Waals surface area contributed by atoms with Crippen molar-refractivity contribution in [3.05, 3.63) is 78.1 Å². The van der Waals surface area contributed by atoms with E-state index in [0.717, 1.165) is 5.56 Å². The zero-order chi connectivity index (χ0) is 16.4. The lowest BCUT2D eigenvalue weighted by Gasteiger charge is -2.25. The fourth-order valence-electron chi connectivity index (χ4n) is 3.19. The number of carbonyl (C=O) groups is 1.